The molecule has 2 rings (SSSR count). The highest BCUT2D eigenvalue weighted by atomic mass is 35.5. The number of rotatable bonds is 4. The van der Waals surface area contributed by atoms with Crippen molar-refractivity contribution in [2.24, 2.45) is 0 Å². The zero-order valence-electron chi connectivity index (χ0n) is 9.48. The zero-order valence-corrected chi connectivity index (χ0v) is 10.2. The molecule has 17 heavy (non-hydrogen) atoms. The van der Waals surface area contributed by atoms with Gasteiger partial charge in [0.05, 0.1) is 16.4 Å². The first-order chi connectivity index (χ1) is 8.29. The lowest BCUT2D eigenvalue weighted by Crippen LogP contribution is -1.98. The van der Waals surface area contributed by atoms with Gasteiger partial charge in [0, 0.05) is 19.3 Å². The molecule has 0 aliphatic rings. The minimum absolute atomic E-state index is 0.441. The van der Waals surface area contributed by atoms with E-state index in [9.17, 15) is 0 Å². The number of pyridine rings is 1. The van der Waals surface area contributed by atoms with Gasteiger partial charge in [0.15, 0.2) is 0 Å². The normalized spacial score (nSPS) is 10.0. The number of nitrogens with zero attached hydrogens (tertiary/aromatic N) is 1. The van der Waals surface area contributed by atoms with E-state index in [0.717, 1.165) is 17.1 Å². The van der Waals surface area contributed by atoms with E-state index in [4.69, 9.17) is 16.3 Å². The van der Waals surface area contributed by atoms with E-state index in [0.29, 0.717) is 11.6 Å². The maximum atomic E-state index is 6.05. The van der Waals surface area contributed by atoms with Crippen LogP contribution in [0.15, 0.2) is 42.6 Å². The molecule has 1 aromatic heterocycles. The monoisotopic (exact) mass is 248 g/mol. The Morgan fingerprint density at radius 2 is 2.18 bits per heavy atom. The molecule has 0 aliphatic heterocycles. The van der Waals surface area contributed by atoms with Gasteiger partial charge in [-0.15, -0.1) is 0 Å². The van der Waals surface area contributed by atoms with Crippen LogP contribution in [0.3, 0.4) is 0 Å². The van der Waals surface area contributed by atoms with Crippen LogP contribution < -0.4 is 10.1 Å². The third-order valence-corrected chi connectivity index (χ3v) is 2.64. The highest BCUT2D eigenvalue weighted by Crippen LogP contribution is 2.26. The fraction of sp³-hybridized carbons (Fsp3) is 0.154. The molecule has 0 saturated carbocycles. The molecule has 4 heteroatoms. The molecule has 0 amide bonds. The molecule has 1 aromatic carbocycles. The molecule has 88 valence electrons. The maximum Gasteiger partial charge on any atom is 0.130 e. The number of halogens is 1. The predicted molar refractivity (Wildman–Crippen MR) is 69.6 cm³/mol. The zero-order chi connectivity index (χ0) is 12.1. The first-order valence-electron chi connectivity index (χ1n) is 5.29. The molecule has 0 fully saturated rings. The van der Waals surface area contributed by atoms with E-state index in [1.807, 2.05) is 37.4 Å². The molecular formula is C13H13ClN2O. The molecule has 0 saturated heterocycles. The highest BCUT2D eigenvalue weighted by molar-refractivity contribution is 6.33. The number of aromatic nitrogens is 1. The lowest BCUT2D eigenvalue weighted by molar-refractivity contribution is 0.301. The van der Waals surface area contributed by atoms with Crippen molar-refractivity contribution in [1.29, 1.82) is 0 Å². The Labute approximate surface area is 105 Å². The molecule has 0 radical (unpaired) electrons. The summed E-state index contributed by atoms with van der Waals surface area (Å²) >= 11 is 6.05. The van der Waals surface area contributed by atoms with Crippen molar-refractivity contribution in [2.75, 3.05) is 12.4 Å². The summed E-state index contributed by atoms with van der Waals surface area (Å²) in [5.74, 6) is 0.736. The molecule has 3 nitrogen and oxygen atoms in total. The quantitative estimate of drug-likeness (QED) is 0.901. The van der Waals surface area contributed by atoms with Gasteiger partial charge < -0.3 is 10.1 Å². The number of hydrogen-bond acceptors (Lipinski definition) is 3. The summed E-state index contributed by atoms with van der Waals surface area (Å²) in [6.45, 7) is 0.441. The molecular weight excluding hydrogens is 236 g/mol. The van der Waals surface area contributed by atoms with Crippen LogP contribution in [0.1, 0.15) is 5.69 Å². The van der Waals surface area contributed by atoms with E-state index in [2.05, 4.69) is 10.3 Å². The van der Waals surface area contributed by atoms with Gasteiger partial charge in [-0.05, 0) is 24.3 Å². The SMILES string of the molecule is CNc1ccc(OCc2ccccn2)cc1Cl. The van der Waals surface area contributed by atoms with Gasteiger partial charge in [0.2, 0.25) is 0 Å². The van der Waals surface area contributed by atoms with E-state index in [1.54, 1.807) is 12.3 Å². The summed E-state index contributed by atoms with van der Waals surface area (Å²) in [6.07, 6.45) is 1.75. The number of nitrogens with one attached hydrogen (secondary N) is 1. The second kappa shape index (κ2) is 5.55. The molecule has 0 unspecified atom stereocenters. The van der Waals surface area contributed by atoms with Crippen molar-refractivity contribution in [3.63, 3.8) is 0 Å². The van der Waals surface area contributed by atoms with Crippen LogP contribution in [-0.2, 0) is 6.61 Å². The van der Waals surface area contributed by atoms with Gasteiger partial charge in [-0.25, -0.2) is 0 Å². The largest absolute Gasteiger partial charge is 0.487 e. The summed E-state index contributed by atoms with van der Waals surface area (Å²) in [5.41, 5.74) is 1.78. The van der Waals surface area contributed by atoms with Gasteiger partial charge in [-0.1, -0.05) is 17.7 Å². The first kappa shape index (κ1) is 11.7. The van der Waals surface area contributed by atoms with Crippen LogP contribution in [0.25, 0.3) is 0 Å². The van der Waals surface area contributed by atoms with Crippen molar-refractivity contribution in [1.82, 2.24) is 4.98 Å². The van der Waals surface area contributed by atoms with Crippen molar-refractivity contribution in [2.45, 2.75) is 6.61 Å². The first-order valence-corrected chi connectivity index (χ1v) is 5.67. The Morgan fingerprint density at radius 1 is 1.29 bits per heavy atom. The van der Waals surface area contributed by atoms with E-state index in [1.165, 1.54) is 0 Å². The minimum atomic E-state index is 0.441. The second-order valence-corrected chi connectivity index (χ2v) is 3.91. The Morgan fingerprint density at radius 3 is 2.82 bits per heavy atom. The van der Waals surface area contributed by atoms with Crippen molar-refractivity contribution < 1.29 is 4.74 Å². The van der Waals surface area contributed by atoms with E-state index >= 15 is 0 Å². The summed E-state index contributed by atoms with van der Waals surface area (Å²) in [6, 6.07) is 11.3. The molecule has 0 spiro atoms. The van der Waals surface area contributed by atoms with Crippen LogP contribution in [0.5, 0.6) is 5.75 Å². The molecule has 1 N–H and O–H groups in total. The number of ether oxygens (including phenoxy) is 1. The lowest BCUT2D eigenvalue weighted by Gasteiger charge is -2.08. The lowest BCUT2D eigenvalue weighted by atomic mass is 10.3. The Balaban J connectivity index is 2.02. The standard InChI is InChI=1S/C13H13ClN2O/c1-15-13-6-5-11(8-12(13)14)17-9-10-4-2-3-7-16-10/h2-8,15H,9H2,1H3. The fourth-order valence-electron chi connectivity index (χ4n) is 1.43. The summed E-state index contributed by atoms with van der Waals surface area (Å²) in [5, 5.41) is 3.64. The second-order valence-electron chi connectivity index (χ2n) is 3.50. The molecule has 0 bridgehead atoms. The van der Waals surface area contributed by atoms with Crippen LogP contribution in [0.2, 0.25) is 5.02 Å². The average Bonchev–Trinajstić information content (AvgIpc) is 2.38. The molecule has 1 heterocycles. The maximum absolute atomic E-state index is 6.05. The summed E-state index contributed by atoms with van der Waals surface area (Å²) in [4.78, 5) is 4.18. The number of hydrogen-bond donors (Lipinski definition) is 1. The minimum Gasteiger partial charge on any atom is -0.487 e. The van der Waals surface area contributed by atoms with E-state index in [-0.39, 0.29) is 0 Å². The van der Waals surface area contributed by atoms with Crippen molar-refractivity contribution in [3.05, 3.63) is 53.3 Å². The average molecular weight is 249 g/mol. The summed E-state index contributed by atoms with van der Waals surface area (Å²) < 4.78 is 5.60. The molecule has 0 aliphatic carbocycles. The van der Waals surface area contributed by atoms with Crippen LogP contribution in [0, 0.1) is 0 Å². The highest BCUT2D eigenvalue weighted by Gasteiger charge is 2.01. The Bertz CT molecular complexity index is 488. The van der Waals surface area contributed by atoms with Gasteiger partial charge >= 0.3 is 0 Å². The molecule has 2 aromatic rings. The van der Waals surface area contributed by atoms with Gasteiger partial charge in [-0.2, -0.15) is 0 Å². The van der Waals surface area contributed by atoms with E-state index < -0.39 is 0 Å². The van der Waals surface area contributed by atoms with Crippen LogP contribution in [-0.4, -0.2) is 12.0 Å². The van der Waals surface area contributed by atoms with Crippen molar-refractivity contribution >= 4 is 17.3 Å². The molecule has 0 atom stereocenters. The van der Waals surface area contributed by atoms with Gasteiger partial charge in [0.25, 0.3) is 0 Å². The fourth-order valence-corrected chi connectivity index (χ4v) is 1.69. The van der Waals surface area contributed by atoms with Gasteiger partial charge in [0.1, 0.15) is 12.4 Å². The predicted octanol–water partition coefficient (Wildman–Crippen LogP) is 3.36. The van der Waals surface area contributed by atoms with Gasteiger partial charge in [-0.3, -0.25) is 4.98 Å². The number of benzene rings is 1. The Hall–Kier alpha value is -1.74. The Kier molecular flexibility index (Phi) is 3.83. The third-order valence-electron chi connectivity index (χ3n) is 2.32. The smallest absolute Gasteiger partial charge is 0.130 e. The number of anilines is 1. The summed E-state index contributed by atoms with van der Waals surface area (Å²) in [7, 11) is 1.83. The van der Waals surface area contributed by atoms with Crippen LogP contribution in [0.4, 0.5) is 5.69 Å². The van der Waals surface area contributed by atoms with Crippen LogP contribution >= 0.6 is 11.6 Å². The topological polar surface area (TPSA) is 34.1 Å². The van der Waals surface area contributed by atoms with Crippen molar-refractivity contribution in [3.8, 4) is 5.75 Å². The third kappa shape index (κ3) is 3.11.